The minimum Gasteiger partial charge on any atom is -0.397 e. The molecule has 5 heteroatoms. The molecule has 2 heterocycles. The monoisotopic (exact) mass is 196 g/mol. The second-order valence-corrected chi connectivity index (χ2v) is 3.10. The number of aryl methyl sites for hydroxylation is 1. The maximum atomic E-state index is 5.72. The number of halogens is 1. The number of nitrogens with zero attached hydrogens (tertiary/aromatic N) is 3. The van der Waals surface area contributed by atoms with Crippen LogP contribution in [0.2, 0.25) is 0 Å². The highest BCUT2D eigenvalue weighted by molar-refractivity contribution is 6.17. The molecule has 0 saturated carbocycles. The van der Waals surface area contributed by atoms with Crippen LogP contribution in [0.25, 0.3) is 10.9 Å². The number of anilines is 1. The van der Waals surface area contributed by atoms with Gasteiger partial charge in [-0.3, -0.25) is 9.67 Å². The number of aromatic nitrogens is 3. The topological polar surface area (TPSA) is 56.7 Å². The lowest BCUT2D eigenvalue weighted by atomic mass is 10.3. The van der Waals surface area contributed by atoms with E-state index >= 15 is 0 Å². The van der Waals surface area contributed by atoms with Crippen LogP contribution in [0.4, 0.5) is 5.69 Å². The van der Waals surface area contributed by atoms with E-state index in [0.717, 1.165) is 10.9 Å². The summed E-state index contributed by atoms with van der Waals surface area (Å²) >= 11 is 5.62. The Morgan fingerprint density at radius 3 is 3.00 bits per heavy atom. The summed E-state index contributed by atoms with van der Waals surface area (Å²) in [6, 6.07) is 0. The van der Waals surface area contributed by atoms with Gasteiger partial charge < -0.3 is 5.73 Å². The summed E-state index contributed by atoms with van der Waals surface area (Å²) in [5.41, 5.74) is 7.30. The van der Waals surface area contributed by atoms with Gasteiger partial charge in [-0.15, -0.1) is 11.6 Å². The zero-order chi connectivity index (χ0) is 9.26. The minimum atomic E-state index is 0.533. The van der Waals surface area contributed by atoms with Gasteiger partial charge in [-0.1, -0.05) is 0 Å². The molecule has 0 aliphatic rings. The van der Waals surface area contributed by atoms with Gasteiger partial charge in [0.25, 0.3) is 0 Å². The van der Waals surface area contributed by atoms with Crippen molar-refractivity contribution >= 4 is 28.2 Å². The molecule has 0 saturated heterocycles. The SMILES string of the molecule is Nc1cncc2c1cnn2CCCl. The number of hydrogen-bond acceptors (Lipinski definition) is 3. The van der Waals surface area contributed by atoms with E-state index in [-0.39, 0.29) is 0 Å². The molecule has 13 heavy (non-hydrogen) atoms. The Morgan fingerprint density at radius 2 is 2.23 bits per heavy atom. The first-order valence-corrected chi connectivity index (χ1v) is 4.47. The minimum absolute atomic E-state index is 0.533. The number of rotatable bonds is 2. The highest BCUT2D eigenvalue weighted by Crippen LogP contribution is 2.18. The van der Waals surface area contributed by atoms with Crippen molar-refractivity contribution in [3.8, 4) is 0 Å². The van der Waals surface area contributed by atoms with E-state index < -0.39 is 0 Å². The summed E-state index contributed by atoms with van der Waals surface area (Å²) < 4.78 is 1.80. The molecule has 2 rings (SSSR count). The molecule has 2 aromatic rings. The lowest BCUT2D eigenvalue weighted by molar-refractivity contribution is 0.687. The Labute approximate surface area is 80.3 Å². The molecule has 0 radical (unpaired) electrons. The van der Waals surface area contributed by atoms with E-state index in [1.807, 2.05) is 0 Å². The fourth-order valence-electron chi connectivity index (χ4n) is 1.27. The molecule has 0 atom stereocenters. The fourth-order valence-corrected chi connectivity index (χ4v) is 1.43. The van der Waals surface area contributed by atoms with Gasteiger partial charge in [0.05, 0.1) is 36.3 Å². The molecule has 2 aromatic heterocycles. The zero-order valence-electron chi connectivity index (χ0n) is 6.94. The van der Waals surface area contributed by atoms with Crippen molar-refractivity contribution in [2.24, 2.45) is 0 Å². The largest absolute Gasteiger partial charge is 0.397 e. The molecular formula is C8H9ClN4. The molecule has 68 valence electrons. The van der Waals surface area contributed by atoms with Gasteiger partial charge in [0.1, 0.15) is 0 Å². The van der Waals surface area contributed by atoms with Gasteiger partial charge in [0.15, 0.2) is 0 Å². The quantitative estimate of drug-likeness (QED) is 0.736. The molecule has 0 spiro atoms. The Morgan fingerprint density at radius 1 is 1.38 bits per heavy atom. The Hall–Kier alpha value is -1.29. The molecule has 0 unspecified atom stereocenters. The van der Waals surface area contributed by atoms with Crippen LogP contribution in [0, 0.1) is 0 Å². The summed E-state index contributed by atoms with van der Waals surface area (Å²) in [4.78, 5) is 4.00. The number of nitrogen functional groups attached to an aromatic ring is 1. The second-order valence-electron chi connectivity index (χ2n) is 2.72. The average molecular weight is 197 g/mol. The molecule has 4 nitrogen and oxygen atoms in total. The van der Waals surface area contributed by atoms with Gasteiger partial charge in [0.2, 0.25) is 0 Å². The Bertz CT molecular complexity index is 423. The standard InChI is InChI=1S/C8H9ClN4/c9-1-2-13-8-5-11-4-7(10)6(8)3-12-13/h3-5H,1-2,10H2. The van der Waals surface area contributed by atoms with Crippen molar-refractivity contribution in [3.05, 3.63) is 18.6 Å². The third-order valence-corrected chi connectivity index (χ3v) is 2.07. The first-order chi connectivity index (χ1) is 6.33. The lowest BCUT2D eigenvalue weighted by Gasteiger charge is -1.99. The Kier molecular flexibility index (Phi) is 2.06. The van der Waals surface area contributed by atoms with Gasteiger partial charge in [-0.05, 0) is 0 Å². The predicted octanol–water partition coefficient (Wildman–Crippen LogP) is 1.25. The highest BCUT2D eigenvalue weighted by Gasteiger charge is 2.04. The van der Waals surface area contributed by atoms with Crippen molar-refractivity contribution in [3.63, 3.8) is 0 Å². The van der Waals surface area contributed by atoms with E-state index in [1.165, 1.54) is 0 Å². The second kappa shape index (κ2) is 3.22. The number of alkyl halides is 1. The van der Waals surface area contributed by atoms with Crippen LogP contribution < -0.4 is 5.73 Å². The summed E-state index contributed by atoms with van der Waals surface area (Å²) in [6.07, 6.45) is 5.10. The van der Waals surface area contributed by atoms with Crippen molar-refractivity contribution in [2.75, 3.05) is 11.6 Å². The molecular weight excluding hydrogens is 188 g/mol. The van der Waals surface area contributed by atoms with Crippen LogP contribution in [-0.4, -0.2) is 20.6 Å². The first kappa shape index (κ1) is 8.31. The third-order valence-electron chi connectivity index (χ3n) is 1.90. The van der Waals surface area contributed by atoms with E-state index in [1.54, 1.807) is 23.3 Å². The highest BCUT2D eigenvalue weighted by atomic mass is 35.5. The lowest BCUT2D eigenvalue weighted by Crippen LogP contribution is -2.00. The number of fused-ring (bicyclic) bond motifs is 1. The van der Waals surface area contributed by atoms with Crippen molar-refractivity contribution in [2.45, 2.75) is 6.54 Å². The zero-order valence-corrected chi connectivity index (χ0v) is 7.70. The maximum Gasteiger partial charge on any atom is 0.0886 e. The molecule has 2 N–H and O–H groups in total. The van der Waals surface area contributed by atoms with Gasteiger partial charge >= 0.3 is 0 Å². The molecule has 0 aliphatic heterocycles. The maximum absolute atomic E-state index is 5.72. The van der Waals surface area contributed by atoms with E-state index in [0.29, 0.717) is 18.1 Å². The van der Waals surface area contributed by atoms with Crippen LogP contribution in [0.3, 0.4) is 0 Å². The first-order valence-electron chi connectivity index (χ1n) is 3.94. The van der Waals surface area contributed by atoms with Gasteiger partial charge in [-0.2, -0.15) is 5.10 Å². The van der Waals surface area contributed by atoms with Crippen LogP contribution in [0.15, 0.2) is 18.6 Å². The summed E-state index contributed by atoms with van der Waals surface area (Å²) in [5, 5.41) is 5.09. The molecule has 0 fully saturated rings. The molecule has 0 bridgehead atoms. The van der Waals surface area contributed by atoms with E-state index in [9.17, 15) is 0 Å². The van der Waals surface area contributed by atoms with Crippen LogP contribution >= 0.6 is 11.6 Å². The van der Waals surface area contributed by atoms with Crippen molar-refractivity contribution in [1.82, 2.24) is 14.8 Å². The predicted molar refractivity (Wildman–Crippen MR) is 52.7 cm³/mol. The smallest absolute Gasteiger partial charge is 0.0886 e. The molecule has 0 aromatic carbocycles. The van der Waals surface area contributed by atoms with Gasteiger partial charge in [0, 0.05) is 11.3 Å². The van der Waals surface area contributed by atoms with Crippen molar-refractivity contribution < 1.29 is 0 Å². The van der Waals surface area contributed by atoms with Crippen LogP contribution in [0.1, 0.15) is 0 Å². The molecule has 0 amide bonds. The molecule has 0 aliphatic carbocycles. The van der Waals surface area contributed by atoms with Gasteiger partial charge in [-0.25, -0.2) is 0 Å². The van der Waals surface area contributed by atoms with E-state index in [4.69, 9.17) is 17.3 Å². The normalized spacial score (nSPS) is 10.8. The number of pyridine rings is 1. The third kappa shape index (κ3) is 1.33. The number of nitrogens with two attached hydrogens (primary N) is 1. The summed E-state index contributed by atoms with van der Waals surface area (Å²) in [5.74, 6) is 0.533. The Balaban J connectivity index is 2.61. The van der Waals surface area contributed by atoms with Crippen LogP contribution in [0.5, 0.6) is 0 Å². The van der Waals surface area contributed by atoms with Crippen LogP contribution in [-0.2, 0) is 6.54 Å². The fraction of sp³-hybridized carbons (Fsp3) is 0.250. The number of hydrogen-bond donors (Lipinski definition) is 1. The van der Waals surface area contributed by atoms with E-state index in [2.05, 4.69) is 10.1 Å². The average Bonchev–Trinajstić information content (AvgIpc) is 2.51. The summed E-state index contributed by atoms with van der Waals surface area (Å²) in [7, 11) is 0. The summed E-state index contributed by atoms with van der Waals surface area (Å²) in [6.45, 7) is 0.677. The van der Waals surface area contributed by atoms with Crippen molar-refractivity contribution in [1.29, 1.82) is 0 Å².